The molecule has 1 aromatic heterocycles. The number of para-hydroxylation sites is 1. The molecular formula is C15H18FN5. The zero-order chi connectivity index (χ0) is 14.8. The summed E-state index contributed by atoms with van der Waals surface area (Å²) >= 11 is 0. The monoisotopic (exact) mass is 287 g/mol. The molecule has 2 aromatic rings. The highest BCUT2D eigenvalue weighted by atomic mass is 19.1. The van der Waals surface area contributed by atoms with Crippen molar-refractivity contribution in [1.29, 1.82) is 0 Å². The van der Waals surface area contributed by atoms with E-state index in [0.29, 0.717) is 17.2 Å². The van der Waals surface area contributed by atoms with Gasteiger partial charge in [0.05, 0.1) is 11.4 Å². The van der Waals surface area contributed by atoms with Crippen LogP contribution in [-0.2, 0) is 0 Å². The third-order valence-electron chi connectivity index (χ3n) is 3.74. The van der Waals surface area contributed by atoms with Crippen LogP contribution >= 0.6 is 0 Å². The molecule has 1 aliphatic heterocycles. The molecule has 5 nitrogen and oxygen atoms in total. The summed E-state index contributed by atoms with van der Waals surface area (Å²) in [7, 11) is 0. The van der Waals surface area contributed by atoms with Crippen molar-refractivity contribution in [3.8, 4) is 0 Å². The van der Waals surface area contributed by atoms with Crippen LogP contribution < -0.4 is 21.3 Å². The summed E-state index contributed by atoms with van der Waals surface area (Å²) in [5.74, 6) is 0.986. The van der Waals surface area contributed by atoms with Gasteiger partial charge >= 0.3 is 0 Å². The van der Waals surface area contributed by atoms with E-state index in [9.17, 15) is 4.39 Å². The zero-order valence-corrected chi connectivity index (χ0v) is 11.7. The van der Waals surface area contributed by atoms with Gasteiger partial charge in [0.1, 0.15) is 17.5 Å². The van der Waals surface area contributed by atoms with Crippen molar-refractivity contribution in [2.75, 3.05) is 47.4 Å². The number of hydrogen-bond acceptors (Lipinski definition) is 5. The van der Waals surface area contributed by atoms with Crippen LogP contribution in [0.3, 0.4) is 0 Å². The lowest BCUT2D eigenvalue weighted by atomic mass is 10.2. The highest BCUT2D eigenvalue weighted by molar-refractivity contribution is 5.62. The Morgan fingerprint density at radius 2 is 1.57 bits per heavy atom. The topological polar surface area (TPSA) is 71.4 Å². The second-order valence-electron chi connectivity index (χ2n) is 5.07. The predicted octanol–water partition coefficient (Wildman–Crippen LogP) is 1.71. The van der Waals surface area contributed by atoms with E-state index in [1.54, 1.807) is 12.1 Å². The van der Waals surface area contributed by atoms with Gasteiger partial charge in [-0.3, -0.25) is 0 Å². The molecule has 21 heavy (non-hydrogen) atoms. The minimum absolute atomic E-state index is 0.180. The first-order valence-corrected chi connectivity index (χ1v) is 6.91. The third kappa shape index (κ3) is 2.69. The van der Waals surface area contributed by atoms with E-state index in [1.165, 1.54) is 6.07 Å². The van der Waals surface area contributed by atoms with Crippen molar-refractivity contribution in [1.82, 2.24) is 4.98 Å². The average molecular weight is 287 g/mol. The second-order valence-corrected chi connectivity index (χ2v) is 5.07. The number of halogens is 1. The molecule has 6 heteroatoms. The normalized spacial score (nSPS) is 15.3. The third-order valence-corrected chi connectivity index (χ3v) is 3.74. The SMILES string of the molecule is Nc1ccc(N2CCN(c3ccccc3F)CC2)nc1N. The summed E-state index contributed by atoms with van der Waals surface area (Å²) in [6.45, 7) is 3.02. The molecule has 3 rings (SSSR count). The maximum atomic E-state index is 13.8. The minimum Gasteiger partial charge on any atom is -0.396 e. The number of rotatable bonds is 2. The van der Waals surface area contributed by atoms with Gasteiger partial charge in [-0.25, -0.2) is 9.37 Å². The van der Waals surface area contributed by atoms with Gasteiger partial charge in [0.25, 0.3) is 0 Å². The van der Waals surface area contributed by atoms with Gasteiger partial charge in [-0.1, -0.05) is 12.1 Å². The Bertz CT molecular complexity index is 638. The number of nitrogen functional groups attached to an aromatic ring is 2. The Labute approximate surface area is 123 Å². The lowest BCUT2D eigenvalue weighted by molar-refractivity contribution is 0.596. The van der Waals surface area contributed by atoms with E-state index < -0.39 is 0 Å². The van der Waals surface area contributed by atoms with Crippen LogP contribution in [0.1, 0.15) is 0 Å². The molecule has 0 bridgehead atoms. The van der Waals surface area contributed by atoms with Crippen molar-refractivity contribution in [3.63, 3.8) is 0 Å². The zero-order valence-electron chi connectivity index (χ0n) is 11.7. The lowest BCUT2D eigenvalue weighted by Crippen LogP contribution is -2.47. The first-order valence-electron chi connectivity index (χ1n) is 6.91. The molecule has 0 unspecified atom stereocenters. The Hall–Kier alpha value is -2.50. The van der Waals surface area contributed by atoms with Crippen LogP contribution in [0.2, 0.25) is 0 Å². The molecule has 1 saturated heterocycles. The number of pyridine rings is 1. The van der Waals surface area contributed by atoms with Crippen LogP contribution in [0.4, 0.5) is 27.4 Å². The van der Waals surface area contributed by atoms with Crippen molar-refractivity contribution >= 4 is 23.0 Å². The van der Waals surface area contributed by atoms with Gasteiger partial charge in [-0.15, -0.1) is 0 Å². The van der Waals surface area contributed by atoms with E-state index in [2.05, 4.69) is 9.88 Å². The molecule has 0 aliphatic carbocycles. The van der Waals surface area contributed by atoms with Crippen molar-refractivity contribution in [2.45, 2.75) is 0 Å². The van der Waals surface area contributed by atoms with E-state index in [4.69, 9.17) is 11.5 Å². The van der Waals surface area contributed by atoms with Gasteiger partial charge < -0.3 is 21.3 Å². The summed E-state index contributed by atoms with van der Waals surface area (Å²) in [4.78, 5) is 8.48. The van der Waals surface area contributed by atoms with Crippen molar-refractivity contribution in [2.24, 2.45) is 0 Å². The van der Waals surface area contributed by atoms with Gasteiger partial charge in [-0.2, -0.15) is 0 Å². The molecule has 4 N–H and O–H groups in total. The molecular weight excluding hydrogens is 269 g/mol. The van der Waals surface area contributed by atoms with Gasteiger partial charge in [0, 0.05) is 26.2 Å². The highest BCUT2D eigenvalue weighted by Gasteiger charge is 2.20. The van der Waals surface area contributed by atoms with Crippen LogP contribution in [0, 0.1) is 5.82 Å². The van der Waals surface area contributed by atoms with Crippen LogP contribution in [0.25, 0.3) is 0 Å². The van der Waals surface area contributed by atoms with E-state index >= 15 is 0 Å². The smallest absolute Gasteiger partial charge is 0.149 e. The van der Waals surface area contributed by atoms with Gasteiger partial charge in [0.2, 0.25) is 0 Å². The Morgan fingerprint density at radius 3 is 2.24 bits per heavy atom. The number of aromatic nitrogens is 1. The number of nitrogens with two attached hydrogens (primary N) is 2. The molecule has 1 aromatic carbocycles. The average Bonchev–Trinajstić information content (AvgIpc) is 2.51. The molecule has 0 atom stereocenters. The molecule has 2 heterocycles. The summed E-state index contributed by atoms with van der Waals surface area (Å²) in [5.41, 5.74) is 12.6. The van der Waals surface area contributed by atoms with E-state index in [1.807, 2.05) is 23.1 Å². The fourth-order valence-electron chi connectivity index (χ4n) is 2.54. The first-order chi connectivity index (χ1) is 10.1. The highest BCUT2D eigenvalue weighted by Crippen LogP contribution is 2.23. The molecule has 1 fully saturated rings. The predicted molar refractivity (Wildman–Crippen MR) is 83.9 cm³/mol. The number of anilines is 4. The first kappa shape index (κ1) is 13.5. The van der Waals surface area contributed by atoms with E-state index in [-0.39, 0.29) is 5.82 Å². The maximum absolute atomic E-state index is 13.8. The van der Waals surface area contributed by atoms with Gasteiger partial charge in [0.15, 0.2) is 0 Å². The molecule has 0 radical (unpaired) electrons. The van der Waals surface area contributed by atoms with Crippen LogP contribution in [-0.4, -0.2) is 31.2 Å². The quantitative estimate of drug-likeness (QED) is 0.880. The molecule has 1 aliphatic rings. The van der Waals surface area contributed by atoms with Crippen molar-refractivity contribution < 1.29 is 4.39 Å². The molecule has 0 spiro atoms. The summed E-state index contributed by atoms with van der Waals surface area (Å²) in [6.07, 6.45) is 0. The second kappa shape index (κ2) is 5.47. The fraction of sp³-hybridized carbons (Fsp3) is 0.267. The Kier molecular flexibility index (Phi) is 3.51. The fourth-order valence-corrected chi connectivity index (χ4v) is 2.54. The van der Waals surface area contributed by atoms with Crippen molar-refractivity contribution in [3.05, 3.63) is 42.2 Å². The summed E-state index contributed by atoms with van der Waals surface area (Å²) in [6, 6.07) is 10.5. The summed E-state index contributed by atoms with van der Waals surface area (Å²) < 4.78 is 13.8. The van der Waals surface area contributed by atoms with Crippen LogP contribution in [0.15, 0.2) is 36.4 Å². The van der Waals surface area contributed by atoms with E-state index in [0.717, 1.165) is 32.0 Å². The number of nitrogens with zero attached hydrogens (tertiary/aromatic N) is 3. The van der Waals surface area contributed by atoms with Gasteiger partial charge in [-0.05, 0) is 24.3 Å². The number of benzene rings is 1. The minimum atomic E-state index is -0.180. The van der Waals surface area contributed by atoms with Crippen LogP contribution in [0.5, 0.6) is 0 Å². The Morgan fingerprint density at radius 1 is 0.905 bits per heavy atom. The molecule has 0 amide bonds. The standard InChI is InChI=1S/C15H18FN5/c16-11-3-1-2-4-13(11)20-7-9-21(10-8-20)14-6-5-12(17)15(18)19-14/h1-6H,7-10,17H2,(H2,18,19). The summed E-state index contributed by atoms with van der Waals surface area (Å²) in [5, 5.41) is 0. The lowest BCUT2D eigenvalue weighted by Gasteiger charge is -2.36. The molecule has 0 saturated carbocycles. The number of hydrogen-bond donors (Lipinski definition) is 2. The maximum Gasteiger partial charge on any atom is 0.149 e. The number of piperazine rings is 1. The Balaban J connectivity index is 1.70. The molecule has 110 valence electrons. The largest absolute Gasteiger partial charge is 0.396 e.